The van der Waals surface area contributed by atoms with E-state index < -0.39 is 0 Å². The van der Waals surface area contributed by atoms with Gasteiger partial charge in [0.25, 0.3) is 0 Å². The Morgan fingerprint density at radius 3 is 1.62 bits per heavy atom. The van der Waals surface area contributed by atoms with Crippen LogP contribution in [0.3, 0.4) is 0 Å². The molecule has 794 valence electrons. The van der Waals surface area contributed by atoms with E-state index in [1.165, 1.54) is 168 Å². The Morgan fingerprint density at radius 1 is 0.521 bits per heavy atom. The van der Waals surface area contributed by atoms with Crippen LogP contribution in [0.5, 0.6) is 51.7 Å². The largest absolute Gasteiger partial charge is 0.508 e. The number of carbonyl (C=O) groups excluding carboxylic acids is 2. The van der Waals surface area contributed by atoms with Crippen molar-refractivity contribution in [2.24, 2.45) is 29.6 Å². The molecule has 2 saturated carbocycles. The first-order valence-corrected chi connectivity index (χ1v) is 57.2. The summed E-state index contributed by atoms with van der Waals surface area (Å²) in [5.74, 6) is 9.01. The zero-order valence-corrected chi connectivity index (χ0v) is 93.5. The smallest absolute Gasteiger partial charge is 0.311 e. The van der Waals surface area contributed by atoms with Crippen LogP contribution in [0.15, 0.2) is 95.6 Å². The van der Waals surface area contributed by atoms with Gasteiger partial charge >= 0.3 is 5.97 Å². The predicted molar refractivity (Wildman–Crippen MR) is 588 cm³/mol. The van der Waals surface area contributed by atoms with Crippen molar-refractivity contribution in [3.63, 3.8) is 0 Å². The average Bonchev–Trinajstić information content (AvgIpc) is 0.748. The fourth-order valence-corrected chi connectivity index (χ4v) is 25.3. The van der Waals surface area contributed by atoms with Crippen molar-refractivity contribution in [2.45, 2.75) is 510 Å². The Hall–Kier alpha value is -7.30. The minimum Gasteiger partial charge on any atom is -0.508 e. The molecule has 0 aromatic heterocycles. The number of ketones is 1. The Balaban J connectivity index is 0.000000184. The van der Waals surface area contributed by atoms with Gasteiger partial charge in [-0.05, 0) is 355 Å². The lowest BCUT2D eigenvalue weighted by Crippen LogP contribution is -2.47. The number of hydrogen-bond acceptors (Lipinski definition) is 15. The summed E-state index contributed by atoms with van der Waals surface area (Å²) in [6.07, 6.45) is 49.5. The highest BCUT2D eigenvalue weighted by Gasteiger charge is 2.51. The van der Waals surface area contributed by atoms with Crippen LogP contribution >= 0.6 is 0 Å². The SMILES string of the molecule is CCCCCCC(C)(C)c1cc(O)c2c(c1)OC(C)(C)[C@@H]1CC=C(CO)C[C@@H]21.CCCCCCC(C)(C)c1cc(O)c2c(c1)OC(C)(C)[C@@H]1CCC(=O)C[C@@H]21.CCCCCCC(C)(C)c1ccc([C@@H]2C[C@H](O)CC[C@H]2CCCO)c(O)c1.CCCCCCCC(C)c1cc(OC(=O)CCCN(CC)CC)c2c(c1)OC(C)(C)C1=C2CC(C)CC1.CCCCCc1cc(O)c2c(c1)OC(C)(C)[C@@H]1CCC(C)=C[C@@H]21. The topological polar surface area (TPSA) is 225 Å². The van der Waals surface area contributed by atoms with E-state index in [0.29, 0.717) is 84.1 Å². The van der Waals surface area contributed by atoms with Gasteiger partial charge in [0.15, 0.2) is 0 Å². The molecule has 4 aliphatic heterocycles. The van der Waals surface area contributed by atoms with Crippen LogP contribution in [-0.4, -0.2) is 114 Å². The van der Waals surface area contributed by atoms with Crippen LogP contribution in [-0.2, 0) is 32.3 Å². The van der Waals surface area contributed by atoms with Gasteiger partial charge in [-0.3, -0.25) is 9.59 Å². The van der Waals surface area contributed by atoms with E-state index >= 15 is 0 Å². The number of aromatic hydroxyl groups is 4. The number of phenols is 4. The molecule has 5 aromatic carbocycles. The minimum absolute atomic E-state index is 0.00696. The van der Waals surface area contributed by atoms with Crippen molar-refractivity contribution in [1.82, 2.24) is 4.90 Å². The van der Waals surface area contributed by atoms with Gasteiger partial charge in [-0.2, -0.15) is 0 Å². The summed E-state index contributed by atoms with van der Waals surface area (Å²) in [5, 5.41) is 72.4. The molecule has 0 saturated heterocycles. The number of Topliss-reactive ketones (excluding diaryl/α,β-unsaturated/α-hetero) is 1. The highest BCUT2D eigenvalue weighted by atomic mass is 16.5. The van der Waals surface area contributed by atoms with Crippen molar-refractivity contribution < 1.29 is 69.0 Å². The number of aryl methyl sites for hydroxylation is 1. The first-order valence-electron chi connectivity index (χ1n) is 57.2. The summed E-state index contributed by atoms with van der Waals surface area (Å²) >= 11 is 0. The molecular weight excluding hydrogens is 1760 g/mol. The van der Waals surface area contributed by atoms with Crippen LogP contribution in [0.4, 0.5) is 0 Å². The van der Waals surface area contributed by atoms with Gasteiger partial charge in [-0.1, -0.05) is 256 Å². The number of hydrogen-bond donors (Lipinski definition) is 7. The molecule has 0 amide bonds. The lowest BCUT2D eigenvalue weighted by atomic mass is 9.66. The van der Waals surface area contributed by atoms with Crippen molar-refractivity contribution in [1.29, 1.82) is 0 Å². The van der Waals surface area contributed by atoms with E-state index in [-0.39, 0.29) is 93.5 Å². The zero-order valence-electron chi connectivity index (χ0n) is 93.5. The number of esters is 1. The molecule has 14 rings (SSSR count). The minimum atomic E-state index is -0.324. The molecule has 7 N–H and O–H groups in total. The Labute approximate surface area is 861 Å². The first kappa shape index (κ1) is 117. The number of allylic oxidation sites excluding steroid dienone is 4. The number of aliphatic hydroxyl groups excluding tert-OH is 3. The molecule has 5 aliphatic carbocycles. The molecule has 0 spiro atoms. The van der Waals surface area contributed by atoms with Crippen LogP contribution in [0.2, 0.25) is 0 Å². The third-order valence-corrected chi connectivity index (χ3v) is 34.6. The molecule has 5 aromatic rings. The van der Waals surface area contributed by atoms with E-state index in [2.05, 4.69) is 226 Å². The molecule has 9 aliphatic rings. The van der Waals surface area contributed by atoms with Crippen LogP contribution < -0.4 is 23.7 Å². The normalized spacial score (nSPS) is 22.8. The Morgan fingerprint density at radius 2 is 1.05 bits per heavy atom. The summed E-state index contributed by atoms with van der Waals surface area (Å²) in [5.41, 5.74) is 14.9. The van der Waals surface area contributed by atoms with Gasteiger partial charge in [0, 0.05) is 78.1 Å². The predicted octanol–water partition coefficient (Wildman–Crippen LogP) is 32.8. The fraction of sp³-hybridized carbons (Fsp3) is 0.701. The van der Waals surface area contributed by atoms with Crippen LogP contribution in [0.25, 0.3) is 5.57 Å². The number of phenolic OH excluding ortho intramolecular Hbond substituents is 4. The second-order valence-corrected chi connectivity index (χ2v) is 48.8. The van der Waals surface area contributed by atoms with Crippen LogP contribution in [0, 0.1) is 29.6 Å². The number of aliphatic hydroxyl groups is 3. The number of rotatable bonds is 41. The maximum Gasteiger partial charge on any atom is 0.311 e. The van der Waals surface area contributed by atoms with Crippen molar-refractivity contribution in [3.8, 4) is 51.7 Å². The summed E-state index contributed by atoms with van der Waals surface area (Å²) in [6.45, 7) is 56.6. The van der Waals surface area contributed by atoms with Gasteiger partial charge in [-0.25, -0.2) is 0 Å². The van der Waals surface area contributed by atoms with Crippen molar-refractivity contribution >= 4 is 17.3 Å². The third kappa shape index (κ3) is 30.7. The van der Waals surface area contributed by atoms with Crippen molar-refractivity contribution in [3.05, 3.63) is 151 Å². The molecule has 15 nitrogen and oxygen atoms in total. The molecule has 2 unspecified atom stereocenters. The summed E-state index contributed by atoms with van der Waals surface area (Å²) in [7, 11) is 0. The lowest BCUT2D eigenvalue weighted by molar-refractivity contribution is -0.134. The monoisotopic (exact) mass is 1960 g/mol. The molecule has 4 heterocycles. The second-order valence-electron chi connectivity index (χ2n) is 48.8. The quantitative estimate of drug-likeness (QED) is 0.00836. The summed E-state index contributed by atoms with van der Waals surface area (Å²) in [6, 6.07) is 23.0. The van der Waals surface area contributed by atoms with Gasteiger partial charge in [-0.15, -0.1) is 0 Å². The third-order valence-electron chi connectivity index (χ3n) is 34.6. The standard InChI is InChI=1S/C33H53NO3.C25H38O3.C24H36O3.C24H40O3.C21H30O2/c1-8-11-12-13-14-16-25(5)26-22-29(36-31(35)17-15-20-34(9-2)10-3)32-27-21-24(4)18-19-28(27)33(6,7)37-30(32)23-26;1-6-7-8-9-12-24(2,3)18-14-21(27)23-19-13-17(16-26)10-11-20(19)25(4,5)28-22(23)15-18;1-6-7-8-9-12-23(2,3)16-13-20(26)22-18-15-17(25)10-11-19(18)24(4,5)27-21(22)14-16;1-4-5-6-7-14-24(2,3)19-11-13-21(23(27)16-19)22-17-20(26)12-10-18(22)9-8-15-25;1-5-6-7-8-15-12-18(22)20-16-11-14(2)9-10-17(16)21(3,4)23-19(20)13-15/h22-25H,8-21H2,1-7H3;10,14-15,19-20,26-27H,6-9,11-13,16H2,1-5H3;13-14,18-19,26H,6-12,15H2,1-5H3;11,13,16,18,20,22,25-27H,4-10,12,14-15,17H2,1-3H3;11-13,16-17,22H,5-10H2,1-4H3/t;19-,20-;18-,19-;18-,20-,22-;16-,17-/m.1111/s1. The molecule has 0 radical (unpaired) electrons. The number of benzene rings is 5. The van der Waals surface area contributed by atoms with Crippen molar-refractivity contribution in [2.75, 3.05) is 32.8 Å². The van der Waals surface area contributed by atoms with Gasteiger partial charge in [0.1, 0.15) is 79.9 Å². The second kappa shape index (κ2) is 53.0. The maximum absolute atomic E-state index is 13.1. The number of unbranched alkanes of at least 4 members (excludes halogenated alkanes) is 15. The first-order chi connectivity index (χ1) is 67.3. The Bertz CT molecular complexity index is 4950. The lowest BCUT2D eigenvalue weighted by Gasteiger charge is -2.47. The average molecular weight is 1960 g/mol. The highest BCUT2D eigenvalue weighted by Crippen LogP contribution is 2.60. The van der Waals surface area contributed by atoms with Gasteiger partial charge in [0.2, 0.25) is 0 Å². The van der Waals surface area contributed by atoms with E-state index in [0.717, 1.165) is 202 Å². The molecule has 11 atom stereocenters. The number of fused-ring (bicyclic) bond motifs is 11. The van der Waals surface area contributed by atoms with E-state index in [4.69, 9.17) is 23.7 Å². The molecule has 15 heteroatoms. The number of carbonyl (C=O) groups is 2. The van der Waals surface area contributed by atoms with Crippen LogP contribution in [0.1, 0.15) is 515 Å². The Kier molecular flexibility index (Phi) is 43.5. The summed E-state index contributed by atoms with van der Waals surface area (Å²) in [4.78, 5) is 27.5. The molecular formula is C127H197NO14. The number of nitrogens with zero attached hydrogens (tertiary/aromatic N) is 1. The number of ether oxygens (including phenoxy) is 5. The van der Waals surface area contributed by atoms with Gasteiger partial charge < -0.3 is 64.3 Å². The zero-order chi connectivity index (χ0) is 104. The highest BCUT2D eigenvalue weighted by molar-refractivity contribution is 5.85. The van der Waals surface area contributed by atoms with E-state index in [1.807, 2.05) is 24.3 Å². The maximum atomic E-state index is 13.1. The molecule has 2 fully saturated rings. The van der Waals surface area contributed by atoms with Gasteiger partial charge in [0.05, 0.1) is 18.3 Å². The summed E-state index contributed by atoms with van der Waals surface area (Å²) < 4.78 is 32.1. The molecule has 142 heavy (non-hydrogen) atoms. The van der Waals surface area contributed by atoms with E-state index in [1.54, 1.807) is 0 Å². The van der Waals surface area contributed by atoms with E-state index in [9.17, 15) is 45.3 Å². The molecule has 0 bridgehead atoms. The fourth-order valence-electron chi connectivity index (χ4n) is 25.3.